The highest BCUT2D eigenvalue weighted by Gasteiger charge is 2.17. The summed E-state index contributed by atoms with van der Waals surface area (Å²) in [5.74, 6) is -0.781. The third kappa shape index (κ3) is 2.58. The first kappa shape index (κ1) is 11.1. The summed E-state index contributed by atoms with van der Waals surface area (Å²) in [7, 11) is 0. The maximum atomic E-state index is 12.9. The monoisotopic (exact) mass is 226 g/mol. The highest BCUT2D eigenvalue weighted by Crippen LogP contribution is 2.18. The molecule has 16 heavy (non-hydrogen) atoms. The van der Waals surface area contributed by atoms with Crippen molar-refractivity contribution in [1.29, 1.82) is 0 Å². The van der Waals surface area contributed by atoms with Gasteiger partial charge < -0.3 is 9.84 Å². The minimum absolute atomic E-state index is 0.153. The van der Waals surface area contributed by atoms with Crippen LogP contribution in [0.2, 0.25) is 0 Å². The number of ether oxygens (including phenoxy) is 1. The zero-order valence-corrected chi connectivity index (χ0v) is 8.62. The van der Waals surface area contributed by atoms with Gasteiger partial charge >= 0.3 is 0 Å². The van der Waals surface area contributed by atoms with E-state index in [1.807, 2.05) is 0 Å². The molecule has 0 amide bonds. The molecule has 1 atom stereocenters. The van der Waals surface area contributed by atoms with Gasteiger partial charge in [-0.1, -0.05) is 0 Å². The Balaban J connectivity index is 2.08. The zero-order chi connectivity index (χ0) is 11.5. The molecule has 1 aliphatic rings. The van der Waals surface area contributed by atoms with Crippen molar-refractivity contribution in [2.24, 2.45) is 0 Å². The Morgan fingerprint density at radius 1 is 1.25 bits per heavy atom. The molecule has 0 fully saturated rings. The van der Waals surface area contributed by atoms with Crippen molar-refractivity contribution < 1.29 is 18.6 Å². The number of aliphatic hydroxyl groups is 1. The number of benzene rings is 1. The van der Waals surface area contributed by atoms with Gasteiger partial charge in [0.1, 0.15) is 23.5 Å². The van der Waals surface area contributed by atoms with Crippen LogP contribution in [-0.2, 0) is 11.2 Å². The average molecular weight is 226 g/mol. The third-order valence-corrected chi connectivity index (χ3v) is 2.41. The van der Waals surface area contributed by atoms with E-state index in [-0.39, 0.29) is 6.42 Å². The summed E-state index contributed by atoms with van der Waals surface area (Å²) in [6.07, 6.45) is 1.88. The molecule has 1 unspecified atom stereocenters. The van der Waals surface area contributed by atoms with Gasteiger partial charge in [-0.15, -0.1) is 0 Å². The van der Waals surface area contributed by atoms with E-state index in [9.17, 15) is 13.9 Å². The molecule has 0 aliphatic carbocycles. The first-order valence-corrected chi connectivity index (χ1v) is 5.11. The van der Waals surface area contributed by atoms with E-state index in [2.05, 4.69) is 0 Å². The molecule has 86 valence electrons. The summed E-state index contributed by atoms with van der Waals surface area (Å²) in [6, 6.07) is 3.23. The second-order valence-corrected chi connectivity index (χ2v) is 3.74. The maximum Gasteiger partial charge on any atom is 0.126 e. The second kappa shape index (κ2) is 4.61. The van der Waals surface area contributed by atoms with Crippen LogP contribution in [0.4, 0.5) is 8.78 Å². The van der Waals surface area contributed by atoms with E-state index in [0.29, 0.717) is 17.9 Å². The molecular formula is C12H12F2O2. The SMILES string of the molecule is OC(Cc1cc(F)cc(F)c1)C1=CCCO1. The maximum absolute atomic E-state index is 12.9. The second-order valence-electron chi connectivity index (χ2n) is 3.74. The van der Waals surface area contributed by atoms with Crippen molar-refractivity contribution >= 4 is 0 Å². The van der Waals surface area contributed by atoms with Gasteiger partial charge in [-0.3, -0.25) is 0 Å². The highest BCUT2D eigenvalue weighted by molar-refractivity contribution is 5.20. The van der Waals surface area contributed by atoms with E-state index < -0.39 is 17.7 Å². The van der Waals surface area contributed by atoms with Gasteiger partial charge in [-0.25, -0.2) is 8.78 Å². The largest absolute Gasteiger partial charge is 0.495 e. The van der Waals surface area contributed by atoms with Crippen LogP contribution in [0.5, 0.6) is 0 Å². The number of halogens is 2. The number of rotatable bonds is 3. The minimum Gasteiger partial charge on any atom is -0.495 e. The lowest BCUT2D eigenvalue weighted by Crippen LogP contribution is -2.14. The molecule has 0 spiro atoms. The number of hydrogen-bond acceptors (Lipinski definition) is 2. The van der Waals surface area contributed by atoms with Crippen LogP contribution in [0.1, 0.15) is 12.0 Å². The zero-order valence-electron chi connectivity index (χ0n) is 8.62. The van der Waals surface area contributed by atoms with E-state index >= 15 is 0 Å². The molecule has 1 N–H and O–H groups in total. The molecule has 0 bridgehead atoms. The predicted molar refractivity (Wildman–Crippen MR) is 54.7 cm³/mol. The molecular weight excluding hydrogens is 214 g/mol. The Bertz CT molecular complexity index is 395. The molecule has 0 saturated heterocycles. The lowest BCUT2D eigenvalue weighted by molar-refractivity contribution is 0.118. The topological polar surface area (TPSA) is 29.5 Å². The lowest BCUT2D eigenvalue weighted by Gasteiger charge is -2.12. The van der Waals surface area contributed by atoms with E-state index in [1.165, 1.54) is 12.1 Å². The van der Waals surface area contributed by atoms with Crippen molar-refractivity contribution in [2.45, 2.75) is 18.9 Å². The van der Waals surface area contributed by atoms with Crippen LogP contribution in [0, 0.1) is 11.6 Å². The van der Waals surface area contributed by atoms with E-state index in [0.717, 1.165) is 12.5 Å². The molecule has 1 aliphatic heterocycles. The van der Waals surface area contributed by atoms with Gasteiger partial charge in [-0.05, 0) is 23.8 Å². The summed E-state index contributed by atoms with van der Waals surface area (Å²) in [4.78, 5) is 0. The summed E-state index contributed by atoms with van der Waals surface area (Å²) < 4.78 is 30.9. The molecule has 1 aromatic rings. The van der Waals surface area contributed by atoms with Gasteiger partial charge in [0, 0.05) is 18.9 Å². The van der Waals surface area contributed by atoms with Crippen molar-refractivity contribution in [3.8, 4) is 0 Å². The Labute approximate surface area is 92.2 Å². The molecule has 0 radical (unpaired) electrons. The van der Waals surface area contributed by atoms with Gasteiger partial charge in [-0.2, -0.15) is 0 Å². The summed E-state index contributed by atoms with van der Waals surface area (Å²) >= 11 is 0. The fourth-order valence-corrected chi connectivity index (χ4v) is 1.72. The molecule has 0 saturated carbocycles. The van der Waals surface area contributed by atoms with Gasteiger partial charge in [0.15, 0.2) is 0 Å². The van der Waals surface area contributed by atoms with Crippen LogP contribution in [0.3, 0.4) is 0 Å². The smallest absolute Gasteiger partial charge is 0.126 e. The van der Waals surface area contributed by atoms with Crippen LogP contribution >= 0.6 is 0 Å². The lowest BCUT2D eigenvalue weighted by atomic mass is 10.1. The molecule has 0 aromatic heterocycles. The van der Waals surface area contributed by atoms with Gasteiger partial charge in [0.25, 0.3) is 0 Å². The van der Waals surface area contributed by atoms with Gasteiger partial charge in [0.2, 0.25) is 0 Å². The highest BCUT2D eigenvalue weighted by atomic mass is 19.1. The average Bonchev–Trinajstić information content (AvgIpc) is 2.68. The Hall–Kier alpha value is -1.42. The Morgan fingerprint density at radius 2 is 1.94 bits per heavy atom. The van der Waals surface area contributed by atoms with Crippen molar-refractivity contribution in [3.05, 3.63) is 47.2 Å². The van der Waals surface area contributed by atoms with Crippen molar-refractivity contribution in [2.75, 3.05) is 6.61 Å². The molecule has 1 heterocycles. The summed E-state index contributed by atoms with van der Waals surface area (Å²) in [6.45, 7) is 0.559. The standard InChI is InChI=1S/C12H12F2O2/c13-9-4-8(5-10(14)7-9)6-11(15)12-2-1-3-16-12/h2,4-5,7,11,15H,1,3,6H2. The molecule has 1 aromatic carbocycles. The van der Waals surface area contributed by atoms with E-state index in [1.54, 1.807) is 6.08 Å². The third-order valence-electron chi connectivity index (χ3n) is 2.41. The first-order chi connectivity index (χ1) is 7.65. The number of aliphatic hydroxyl groups excluding tert-OH is 1. The normalized spacial score (nSPS) is 16.8. The summed E-state index contributed by atoms with van der Waals surface area (Å²) in [5.41, 5.74) is 0.418. The van der Waals surface area contributed by atoms with Crippen LogP contribution in [-0.4, -0.2) is 17.8 Å². The first-order valence-electron chi connectivity index (χ1n) is 5.11. The fraction of sp³-hybridized carbons (Fsp3) is 0.333. The summed E-state index contributed by atoms with van der Waals surface area (Å²) in [5, 5.41) is 9.75. The van der Waals surface area contributed by atoms with E-state index in [4.69, 9.17) is 4.74 Å². The molecule has 2 nitrogen and oxygen atoms in total. The molecule has 4 heteroatoms. The fourth-order valence-electron chi connectivity index (χ4n) is 1.72. The van der Waals surface area contributed by atoms with Crippen LogP contribution in [0.15, 0.2) is 30.0 Å². The Kier molecular flexibility index (Phi) is 3.19. The number of hydrogen-bond donors (Lipinski definition) is 1. The van der Waals surface area contributed by atoms with Crippen LogP contribution < -0.4 is 0 Å². The minimum atomic E-state index is -0.830. The Morgan fingerprint density at radius 3 is 2.50 bits per heavy atom. The van der Waals surface area contributed by atoms with Crippen LogP contribution in [0.25, 0.3) is 0 Å². The van der Waals surface area contributed by atoms with Crippen molar-refractivity contribution in [3.63, 3.8) is 0 Å². The quantitative estimate of drug-likeness (QED) is 0.855. The van der Waals surface area contributed by atoms with Gasteiger partial charge in [0.05, 0.1) is 6.61 Å². The van der Waals surface area contributed by atoms with Crippen molar-refractivity contribution in [1.82, 2.24) is 0 Å². The predicted octanol–water partition coefficient (Wildman–Crippen LogP) is 2.17. The molecule has 2 rings (SSSR count).